The molecular weight excluding hydrogens is 224 g/mol. The van der Waals surface area contributed by atoms with Crippen molar-refractivity contribution in [1.82, 2.24) is 24.6 Å². The highest BCUT2D eigenvalue weighted by molar-refractivity contribution is 7.15. The topological polar surface area (TPSA) is 82.0 Å². The number of aryl methyl sites for hydroxylation is 1. The number of thiazole rings is 1. The molecule has 16 heavy (non-hydrogen) atoms. The zero-order valence-corrected chi connectivity index (χ0v) is 9.27. The van der Waals surface area contributed by atoms with Crippen molar-refractivity contribution in [1.29, 1.82) is 0 Å². The van der Waals surface area contributed by atoms with Gasteiger partial charge < -0.3 is 5.73 Å². The summed E-state index contributed by atoms with van der Waals surface area (Å²) in [6.45, 7) is 1.94. The third kappa shape index (κ3) is 1.25. The van der Waals surface area contributed by atoms with Crippen molar-refractivity contribution in [2.24, 2.45) is 0 Å². The summed E-state index contributed by atoms with van der Waals surface area (Å²) in [4.78, 5) is 9.30. The van der Waals surface area contributed by atoms with Crippen molar-refractivity contribution in [3.8, 4) is 11.4 Å². The fraction of sp³-hybridized carbons (Fsp3) is 0.111. The van der Waals surface area contributed by atoms with E-state index in [1.807, 2.05) is 22.9 Å². The van der Waals surface area contributed by atoms with E-state index >= 15 is 0 Å². The number of nitrogen functional groups attached to an aromatic ring is 1. The first kappa shape index (κ1) is 9.22. The Bertz CT molecular complexity index is 638. The monoisotopic (exact) mass is 232 g/mol. The molecule has 3 aromatic rings. The minimum absolute atomic E-state index is 0.174. The van der Waals surface area contributed by atoms with Crippen LogP contribution < -0.4 is 5.73 Å². The Morgan fingerprint density at radius 2 is 2.25 bits per heavy atom. The zero-order valence-electron chi connectivity index (χ0n) is 8.45. The minimum atomic E-state index is 0.174. The third-order valence-electron chi connectivity index (χ3n) is 2.26. The lowest BCUT2D eigenvalue weighted by Crippen LogP contribution is -1.99. The minimum Gasteiger partial charge on any atom is -0.366 e. The standard InChI is InChI=1S/C9H8N6S/c1-5-7(6-4-11-8(10)14-13-6)15-2-3-16-9(15)12-5/h2-4H,1H3,(H2,10,11,14). The van der Waals surface area contributed by atoms with Crippen LogP contribution in [0, 0.1) is 6.92 Å². The van der Waals surface area contributed by atoms with E-state index in [-0.39, 0.29) is 5.95 Å². The van der Waals surface area contributed by atoms with E-state index < -0.39 is 0 Å². The summed E-state index contributed by atoms with van der Waals surface area (Å²) in [5.74, 6) is 0.174. The molecule has 0 fully saturated rings. The maximum absolute atomic E-state index is 5.41. The van der Waals surface area contributed by atoms with Crippen molar-refractivity contribution in [3.63, 3.8) is 0 Å². The van der Waals surface area contributed by atoms with Crippen LogP contribution in [-0.2, 0) is 0 Å². The molecule has 0 atom stereocenters. The van der Waals surface area contributed by atoms with Gasteiger partial charge in [0.15, 0.2) is 4.96 Å². The van der Waals surface area contributed by atoms with E-state index in [0.29, 0.717) is 5.69 Å². The van der Waals surface area contributed by atoms with Gasteiger partial charge in [-0.3, -0.25) is 4.40 Å². The first-order chi connectivity index (χ1) is 7.75. The average Bonchev–Trinajstić information content (AvgIpc) is 2.79. The molecule has 2 N–H and O–H groups in total. The van der Waals surface area contributed by atoms with E-state index in [0.717, 1.165) is 16.3 Å². The molecule has 80 valence electrons. The molecule has 0 bridgehead atoms. The molecule has 3 rings (SSSR count). The molecule has 7 heteroatoms. The van der Waals surface area contributed by atoms with Crippen molar-refractivity contribution < 1.29 is 0 Å². The number of anilines is 1. The molecule has 0 amide bonds. The summed E-state index contributed by atoms with van der Waals surface area (Å²) in [7, 11) is 0. The summed E-state index contributed by atoms with van der Waals surface area (Å²) in [6.07, 6.45) is 3.56. The zero-order chi connectivity index (χ0) is 11.1. The average molecular weight is 232 g/mol. The first-order valence-corrected chi connectivity index (χ1v) is 5.51. The van der Waals surface area contributed by atoms with Crippen LogP contribution in [-0.4, -0.2) is 24.6 Å². The summed E-state index contributed by atoms with van der Waals surface area (Å²) in [5.41, 5.74) is 7.91. The number of imidazole rings is 1. The van der Waals surface area contributed by atoms with E-state index in [4.69, 9.17) is 5.73 Å². The number of nitrogens with two attached hydrogens (primary N) is 1. The smallest absolute Gasteiger partial charge is 0.240 e. The van der Waals surface area contributed by atoms with Gasteiger partial charge in [0.2, 0.25) is 5.95 Å². The van der Waals surface area contributed by atoms with Crippen LogP contribution in [0.5, 0.6) is 0 Å². The van der Waals surface area contributed by atoms with Gasteiger partial charge in [0.05, 0.1) is 17.6 Å². The fourth-order valence-electron chi connectivity index (χ4n) is 1.60. The highest BCUT2D eigenvalue weighted by Gasteiger charge is 2.13. The molecule has 0 saturated carbocycles. The molecule has 0 aromatic carbocycles. The number of hydrogen-bond acceptors (Lipinski definition) is 6. The van der Waals surface area contributed by atoms with Gasteiger partial charge in [-0.15, -0.1) is 21.5 Å². The molecule has 0 unspecified atom stereocenters. The van der Waals surface area contributed by atoms with Crippen molar-refractivity contribution in [2.45, 2.75) is 6.92 Å². The summed E-state index contributed by atoms with van der Waals surface area (Å²) < 4.78 is 1.97. The second kappa shape index (κ2) is 3.24. The van der Waals surface area contributed by atoms with E-state index in [2.05, 4.69) is 20.2 Å². The Kier molecular flexibility index (Phi) is 1.87. The Morgan fingerprint density at radius 1 is 1.38 bits per heavy atom. The Balaban J connectivity index is 2.28. The maximum Gasteiger partial charge on any atom is 0.240 e. The number of nitrogens with zero attached hydrogens (tertiary/aromatic N) is 5. The predicted molar refractivity (Wildman–Crippen MR) is 61.0 cm³/mol. The highest BCUT2D eigenvalue weighted by Crippen LogP contribution is 2.24. The van der Waals surface area contributed by atoms with Crippen LogP contribution in [0.2, 0.25) is 0 Å². The molecule has 3 aromatic heterocycles. The van der Waals surface area contributed by atoms with Gasteiger partial charge in [-0.2, -0.15) is 0 Å². The number of fused-ring (bicyclic) bond motifs is 1. The lowest BCUT2D eigenvalue weighted by atomic mass is 10.3. The molecule has 0 aliphatic rings. The lowest BCUT2D eigenvalue weighted by Gasteiger charge is -1.98. The van der Waals surface area contributed by atoms with Crippen LogP contribution in [0.25, 0.3) is 16.3 Å². The number of rotatable bonds is 1. The van der Waals surface area contributed by atoms with E-state index in [1.54, 1.807) is 17.5 Å². The van der Waals surface area contributed by atoms with Crippen LogP contribution in [0.4, 0.5) is 5.95 Å². The van der Waals surface area contributed by atoms with Crippen LogP contribution >= 0.6 is 11.3 Å². The number of aromatic nitrogens is 5. The third-order valence-corrected chi connectivity index (χ3v) is 3.01. The second-order valence-corrected chi connectivity index (χ2v) is 4.18. The van der Waals surface area contributed by atoms with Gasteiger partial charge in [-0.25, -0.2) is 9.97 Å². The number of hydrogen-bond donors (Lipinski definition) is 1. The van der Waals surface area contributed by atoms with Gasteiger partial charge in [-0.1, -0.05) is 0 Å². The normalized spacial score (nSPS) is 11.1. The van der Waals surface area contributed by atoms with Crippen LogP contribution in [0.3, 0.4) is 0 Å². The Morgan fingerprint density at radius 3 is 3.00 bits per heavy atom. The van der Waals surface area contributed by atoms with E-state index in [1.165, 1.54) is 0 Å². The van der Waals surface area contributed by atoms with E-state index in [9.17, 15) is 0 Å². The Labute approximate surface area is 94.8 Å². The van der Waals surface area contributed by atoms with Crippen molar-refractivity contribution in [3.05, 3.63) is 23.5 Å². The van der Waals surface area contributed by atoms with Gasteiger partial charge in [0, 0.05) is 11.6 Å². The first-order valence-electron chi connectivity index (χ1n) is 4.63. The van der Waals surface area contributed by atoms with Crippen LogP contribution in [0.1, 0.15) is 5.69 Å². The SMILES string of the molecule is Cc1nc2sccn2c1-c1cnc(N)nn1. The van der Waals surface area contributed by atoms with Gasteiger partial charge in [0.25, 0.3) is 0 Å². The van der Waals surface area contributed by atoms with Gasteiger partial charge >= 0.3 is 0 Å². The van der Waals surface area contributed by atoms with Gasteiger partial charge in [0.1, 0.15) is 5.69 Å². The summed E-state index contributed by atoms with van der Waals surface area (Å²) in [6, 6.07) is 0. The molecule has 6 nitrogen and oxygen atoms in total. The maximum atomic E-state index is 5.41. The van der Waals surface area contributed by atoms with Crippen LogP contribution in [0.15, 0.2) is 17.8 Å². The molecule has 0 spiro atoms. The fourth-order valence-corrected chi connectivity index (χ4v) is 2.35. The predicted octanol–water partition coefficient (Wildman–Crippen LogP) is 1.14. The van der Waals surface area contributed by atoms with Gasteiger partial charge in [-0.05, 0) is 6.92 Å². The largest absolute Gasteiger partial charge is 0.366 e. The quantitative estimate of drug-likeness (QED) is 0.680. The molecule has 0 aliphatic carbocycles. The molecule has 0 saturated heterocycles. The van der Waals surface area contributed by atoms with Crippen molar-refractivity contribution in [2.75, 3.05) is 5.73 Å². The Hall–Kier alpha value is -2.02. The second-order valence-electron chi connectivity index (χ2n) is 3.30. The molecular formula is C9H8N6S. The van der Waals surface area contributed by atoms with Crippen molar-refractivity contribution >= 4 is 22.2 Å². The molecule has 0 aliphatic heterocycles. The molecule has 3 heterocycles. The lowest BCUT2D eigenvalue weighted by molar-refractivity contribution is 0.980. The molecule has 0 radical (unpaired) electrons. The highest BCUT2D eigenvalue weighted by atomic mass is 32.1. The summed E-state index contributed by atoms with van der Waals surface area (Å²) in [5, 5.41) is 9.74. The summed E-state index contributed by atoms with van der Waals surface area (Å²) >= 11 is 1.58.